The summed E-state index contributed by atoms with van der Waals surface area (Å²) in [5, 5.41) is 10.9. The van der Waals surface area contributed by atoms with Gasteiger partial charge in [0.05, 0.1) is 0 Å². The lowest BCUT2D eigenvalue weighted by Crippen LogP contribution is -1.94. The molecule has 18 heavy (non-hydrogen) atoms. The van der Waals surface area contributed by atoms with Crippen LogP contribution in [-0.4, -0.2) is 14.5 Å². The highest BCUT2D eigenvalue weighted by atomic mass is 79.9. The lowest BCUT2D eigenvalue weighted by Gasteiger charge is -1.96. The summed E-state index contributed by atoms with van der Waals surface area (Å²) in [6.45, 7) is 0. The fraction of sp³-hybridized carbons (Fsp3) is 0.0833. The molecule has 0 aliphatic carbocycles. The summed E-state index contributed by atoms with van der Waals surface area (Å²) < 4.78 is 2.05. The summed E-state index contributed by atoms with van der Waals surface area (Å²) >= 11 is 3.17. The number of nitrogens with zero attached hydrogens (tertiary/aromatic N) is 3. The number of hydrogen-bond acceptors (Lipinski definition) is 3. The smallest absolute Gasteiger partial charge is 0.358 e. The average Bonchev–Trinajstić information content (AvgIpc) is 2.65. The first-order valence-electron chi connectivity index (χ1n) is 5.19. The number of halogens is 1. The molecule has 5 nitrogen and oxygen atoms in total. The maximum atomic E-state index is 10.9. The number of nitro groups is 1. The van der Waals surface area contributed by atoms with Crippen molar-refractivity contribution >= 4 is 33.9 Å². The number of imidazole rings is 1. The van der Waals surface area contributed by atoms with E-state index in [1.807, 2.05) is 36.4 Å². The Kier molecular flexibility index (Phi) is 3.57. The summed E-state index contributed by atoms with van der Waals surface area (Å²) in [4.78, 5) is 14.2. The van der Waals surface area contributed by atoms with Gasteiger partial charge in [0.1, 0.15) is 5.69 Å². The molecule has 0 amide bonds. The van der Waals surface area contributed by atoms with Crippen molar-refractivity contribution in [2.45, 2.75) is 0 Å². The van der Waals surface area contributed by atoms with Crippen molar-refractivity contribution in [3.63, 3.8) is 0 Å². The van der Waals surface area contributed by atoms with Gasteiger partial charge in [-0.25, -0.2) is 0 Å². The van der Waals surface area contributed by atoms with Crippen LogP contribution in [0.2, 0.25) is 0 Å². The molecule has 0 aliphatic rings. The number of benzene rings is 1. The second kappa shape index (κ2) is 5.14. The maximum Gasteiger partial charge on any atom is 0.390 e. The third-order valence-corrected chi connectivity index (χ3v) is 3.18. The van der Waals surface area contributed by atoms with Gasteiger partial charge in [0, 0.05) is 23.0 Å². The summed E-state index contributed by atoms with van der Waals surface area (Å²) in [7, 11) is 1.72. The Labute approximate surface area is 112 Å². The molecule has 1 aromatic heterocycles. The standard InChI is InChI=1S/C12H10BrN3O2/c1-15-10(11(16(17)18)14-12(15)13)8-7-9-5-3-2-4-6-9/h2-8H,1H3/b8-7+. The van der Waals surface area contributed by atoms with E-state index in [9.17, 15) is 10.1 Å². The van der Waals surface area contributed by atoms with E-state index in [0.717, 1.165) is 5.56 Å². The van der Waals surface area contributed by atoms with Crippen LogP contribution < -0.4 is 0 Å². The number of rotatable bonds is 3. The van der Waals surface area contributed by atoms with Gasteiger partial charge in [-0.1, -0.05) is 36.4 Å². The minimum absolute atomic E-state index is 0.156. The molecule has 0 N–H and O–H groups in total. The van der Waals surface area contributed by atoms with E-state index in [1.54, 1.807) is 17.7 Å². The molecule has 0 aliphatic heterocycles. The molecular formula is C12H10BrN3O2. The fourth-order valence-corrected chi connectivity index (χ4v) is 1.89. The zero-order valence-electron chi connectivity index (χ0n) is 9.58. The zero-order chi connectivity index (χ0) is 13.1. The van der Waals surface area contributed by atoms with Crippen molar-refractivity contribution in [1.82, 2.24) is 9.55 Å². The molecule has 0 saturated carbocycles. The SMILES string of the molecule is Cn1c(Br)nc([N+](=O)[O-])c1/C=C/c1ccccc1. The number of hydrogen-bond donors (Lipinski definition) is 0. The normalized spacial score (nSPS) is 11.0. The van der Waals surface area contributed by atoms with E-state index in [4.69, 9.17) is 0 Å². The van der Waals surface area contributed by atoms with Crippen LogP contribution in [0, 0.1) is 10.1 Å². The Morgan fingerprint density at radius 3 is 2.61 bits per heavy atom. The van der Waals surface area contributed by atoms with Crippen molar-refractivity contribution in [3.8, 4) is 0 Å². The van der Waals surface area contributed by atoms with Gasteiger partial charge in [-0.2, -0.15) is 0 Å². The Bertz CT molecular complexity index is 605. The second-order valence-electron chi connectivity index (χ2n) is 3.65. The molecular weight excluding hydrogens is 298 g/mol. The molecule has 0 spiro atoms. The Morgan fingerprint density at radius 2 is 2.00 bits per heavy atom. The maximum absolute atomic E-state index is 10.9. The highest BCUT2D eigenvalue weighted by Gasteiger charge is 2.21. The van der Waals surface area contributed by atoms with Crippen LogP contribution in [0.5, 0.6) is 0 Å². The van der Waals surface area contributed by atoms with Crippen LogP contribution in [0.4, 0.5) is 5.82 Å². The first-order valence-corrected chi connectivity index (χ1v) is 5.98. The van der Waals surface area contributed by atoms with E-state index in [0.29, 0.717) is 10.4 Å². The van der Waals surface area contributed by atoms with Crippen molar-refractivity contribution in [2.24, 2.45) is 7.05 Å². The Balaban J connectivity index is 2.40. The number of aromatic nitrogens is 2. The topological polar surface area (TPSA) is 61.0 Å². The molecule has 0 unspecified atom stereocenters. The van der Waals surface area contributed by atoms with E-state index in [2.05, 4.69) is 20.9 Å². The van der Waals surface area contributed by atoms with E-state index in [-0.39, 0.29) is 5.82 Å². The monoisotopic (exact) mass is 307 g/mol. The van der Waals surface area contributed by atoms with Crippen molar-refractivity contribution in [1.29, 1.82) is 0 Å². The molecule has 1 aromatic carbocycles. The molecule has 1 heterocycles. The Morgan fingerprint density at radius 1 is 1.33 bits per heavy atom. The summed E-state index contributed by atoms with van der Waals surface area (Å²) in [6.07, 6.45) is 3.50. The fourth-order valence-electron chi connectivity index (χ4n) is 1.53. The van der Waals surface area contributed by atoms with Crippen molar-refractivity contribution < 1.29 is 4.92 Å². The molecule has 2 rings (SSSR count). The van der Waals surface area contributed by atoms with Crippen LogP contribution in [-0.2, 0) is 7.05 Å². The molecule has 0 radical (unpaired) electrons. The Hall–Kier alpha value is -1.95. The third-order valence-electron chi connectivity index (χ3n) is 2.47. The molecule has 0 saturated heterocycles. The van der Waals surface area contributed by atoms with Gasteiger partial charge in [0.15, 0.2) is 0 Å². The average molecular weight is 308 g/mol. The van der Waals surface area contributed by atoms with Crippen LogP contribution in [0.15, 0.2) is 35.1 Å². The van der Waals surface area contributed by atoms with Gasteiger partial charge in [-0.15, -0.1) is 0 Å². The molecule has 2 aromatic rings. The third kappa shape index (κ3) is 2.48. The van der Waals surface area contributed by atoms with Crippen molar-refractivity contribution in [3.05, 3.63) is 56.4 Å². The van der Waals surface area contributed by atoms with Crippen LogP contribution in [0.25, 0.3) is 12.2 Å². The van der Waals surface area contributed by atoms with Gasteiger partial charge < -0.3 is 10.1 Å². The van der Waals surface area contributed by atoms with Crippen molar-refractivity contribution in [2.75, 3.05) is 0 Å². The predicted molar refractivity (Wildman–Crippen MR) is 72.9 cm³/mol. The van der Waals surface area contributed by atoms with Gasteiger partial charge in [-0.05, 0) is 21.5 Å². The quantitative estimate of drug-likeness (QED) is 0.646. The molecule has 6 heteroatoms. The highest BCUT2D eigenvalue weighted by Crippen LogP contribution is 2.23. The van der Waals surface area contributed by atoms with Gasteiger partial charge in [0.2, 0.25) is 0 Å². The minimum Gasteiger partial charge on any atom is -0.358 e. The van der Waals surface area contributed by atoms with Crippen LogP contribution in [0.3, 0.4) is 0 Å². The lowest BCUT2D eigenvalue weighted by atomic mass is 10.2. The largest absolute Gasteiger partial charge is 0.390 e. The van der Waals surface area contributed by atoms with Crippen LogP contribution in [0.1, 0.15) is 11.3 Å². The van der Waals surface area contributed by atoms with Gasteiger partial charge >= 0.3 is 5.82 Å². The molecule has 0 atom stereocenters. The second-order valence-corrected chi connectivity index (χ2v) is 4.36. The van der Waals surface area contributed by atoms with Gasteiger partial charge in [0.25, 0.3) is 4.73 Å². The van der Waals surface area contributed by atoms with E-state index in [1.165, 1.54) is 0 Å². The minimum atomic E-state index is -0.491. The predicted octanol–water partition coefficient (Wildman–Crippen LogP) is 3.26. The van der Waals surface area contributed by atoms with E-state index >= 15 is 0 Å². The molecule has 0 fully saturated rings. The van der Waals surface area contributed by atoms with Gasteiger partial charge in [-0.3, -0.25) is 4.57 Å². The molecule has 92 valence electrons. The summed E-state index contributed by atoms with van der Waals surface area (Å²) in [5.74, 6) is -0.156. The zero-order valence-corrected chi connectivity index (χ0v) is 11.2. The molecule has 0 bridgehead atoms. The first-order chi connectivity index (χ1) is 8.59. The lowest BCUT2D eigenvalue weighted by molar-refractivity contribution is -0.389. The first kappa shape index (κ1) is 12.5. The highest BCUT2D eigenvalue weighted by molar-refractivity contribution is 9.10. The van der Waals surface area contributed by atoms with Crippen LogP contribution >= 0.6 is 15.9 Å². The summed E-state index contributed by atoms with van der Waals surface area (Å²) in [5.41, 5.74) is 1.43. The summed E-state index contributed by atoms with van der Waals surface area (Å²) in [6, 6.07) is 9.59. The van der Waals surface area contributed by atoms with E-state index < -0.39 is 4.92 Å².